The van der Waals surface area contributed by atoms with E-state index in [2.05, 4.69) is 15.6 Å². The predicted molar refractivity (Wildman–Crippen MR) is 56.0 cm³/mol. The number of aldehydes is 1. The first-order valence-corrected chi connectivity index (χ1v) is 4.92. The van der Waals surface area contributed by atoms with Crippen LogP contribution in [0.5, 0.6) is 0 Å². The first-order chi connectivity index (χ1) is 8.28. The van der Waals surface area contributed by atoms with Gasteiger partial charge in [-0.1, -0.05) is 5.21 Å². The smallest absolute Gasteiger partial charge is 0.242 e. The number of rotatable bonds is 5. The fraction of sp³-hybridized carbons (Fsp3) is 0.200. The van der Waals surface area contributed by atoms with E-state index in [9.17, 15) is 9.59 Å². The van der Waals surface area contributed by atoms with Crippen LogP contribution in [0.4, 0.5) is 0 Å². The van der Waals surface area contributed by atoms with Gasteiger partial charge in [0.2, 0.25) is 5.91 Å². The summed E-state index contributed by atoms with van der Waals surface area (Å²) in [6.07, 6.45) is 3.51. The zero-order valence-corrected chi connectivity index (χ0v) is 8.87. The largest absolute Gasteiger partial charge is 0.467 e. The van der Waals surface area contributed by atoms with E-state index >= 15 is 0 Å². The van der Waals surface area contributed by atoms with Crippen LogP contribution < -0.4 is 5.32 Å². The van der Waals surface area contributed by atoms with Crippen molar-refractivity contribution in [3.63, 3.8) is 0 Å². The van der Waals surface area contributed by atoms with Crippen LogP contribution in [0.1, 0.15) is 16.2 Å². The normalized spacial score (nSPS) is 10.1. The van der Waals surface area contributed by atoms with Crippen LogP contribution in [-0.4, -0.2) is 27.2 Å². The fourth-order valence-corrected chi connectivity index (χ4v) is 1.25. The van der Waals surface area contributed by atoms with E-state index in [4.69, 9.17) is 4.42 Å². The molecule has 0 saturated carbocycles. The minimum atomic E-state index is -0.233. The molecule has 2 aromatic heterocycles. The van der Waals surface area contributed by atoms with Crippen LogP contribution in [0.3, 0.4) is 0 Å². The van der Waals surface area contributed by atoms with Gasteiger partial charge in [0.1, 0.15) is 18.0 Å². The second-order valence-corrected chi connectivity index (χ2v) is 3.31. The fourth-order valence-electron chi connectivity index (χ4n) is 1.25. The topological polar surface area (TPSA) is 90.0 Å². The van der Waals surface area contributed by atoms with Gasteiger partial charge in [0.05, 0.1) is 19.0 Å². The van der Waals surface area contributed by atoms with Crippen LogP contribution in [0.2, 0.25) is 0 Å². The zero-order valence-electron chi connectivity index (χ0n) is 8.87. The van der Waals surface area contributed by atoms with Gasteiger partial charge in [0.15, 0.2) is 6.29 Å². The van der Waals surface area contributed by atoms with Crippen molar-refractivity contribution in [3.8, 4) is 0 Å². The zero-order chi connectivity index (χ0) is 12.1. The lowest BCUT2D eigenvalue weighted by Gasteiger charge is -2.02. The first-order valence-electron chi connectivity index (χ1n) is 4.92. The molecule has 0 fully saturated rings. The van der Waals surface area contributed by atoms with E-state index < -0.39 is 0 Å². The molecule has 2 heterocycles. The van der Waals surface area contributed by atoms with E-state index in [0.717, 1.165) is 0 Å². The lowest BCUT2D eigenvalue weighted by Crippen LogP contribution is -2.27. The van der Waals surface area contributed by atoms with Crippen LogP contribution in [-0.2, 0) is 17.9 Å². The highest BCUT2D eigenvalue weighted by Crippen LogP contribution is 1.98. The molecule has 1 amide bonds. The molecule has 1 N–H and O–H groups in total. The van der Waals surface area contributed by atoms with Crippen LogP contribution in [0.25, 0.3) is 0 Å². The molecule has 0 radical (unpaired) electrons. The van der Waals surface area contributed by atoms with Gasteiger partial charge in [-0.05, 0) is 12.1 Å². The number of aromatic nitrogens is 3. The Bertz CT molecular complexity index is 503. The Kier molecular flexibility index (Phi) is 3.29. The highest BCUT2D eigenvalue weighted by atomic mass is 16.3. The molecule has 0 bridgehead atoms. The quantitative estimate of drug-likeness (QED) is 0.735. The Balaban J connectivity index is 1.82. The van der Waals surface area contributed by atoms with Gasteiger partial charge >= 0.3 is 0 Å². The maximum Gasteiger partial charge on any atom is 0.242 e. The summed E-state index contributed by atoms with van der Waals surface area (Å²) < 4.78 is 6.35. The average molecular weight is 234 g/mol. The van der Waals surface area contributed by atoms with Crippen molar-refractivity contribution in [2.24, 2.45) is 0 Å². The Morgan fingerprint density at radius 1 is 1.59 bits per heavy atom. The van der Waals surface area contributed by atoms with Gasteiger partial charge in [-0.3, -0.25) is 9.59 Å². The molecule has 0 aliphatic rings. The van der Waals surface area contributed by atoms with Crippen molar-refractivity contribution < 1.29 is 14.0 Å². The summed E-state index contributed by atoms with van der Waals surface area (Å²) in [5.41, 5.74) is 0.198. The lowest BCUT2D eigenvalue weighted by molar-refractivity contribution is -0.122. The number of hydrogen-bond acceptors (Lipinski definition) is 5. The van der Waals surface area contributed by atoms with Crippen molar-refractivity contribution in [2.45, 2.75) is 13.1 Å². The second kappa shape index (κ2) is 5.06. The Labute approximate surface area is 96.4 Å². The molecule has 0 aliphatic heterocycles. The van der Waals surface area contributed by atoms with Gasteiger partial charge < -0.3 is 9.73 Å². The maximum atomic E-state index is 11.5. The van der Waals surface area contributed by atoms with E-state index in [0.29, 0.717) is 18.6 Å². The molecule has 2 aromatic rings. The number of nitrogens with zero attached hydrogens (tertiary/aromatic N) is 3. The molecule has 7 heteroatoms. The summed E-state index contributed by atoms with van der Waals surface area (Å²) in [6.45, 7) is 0.336. The molecule has 88 valence electrons. The minimum Gasteiger partial charge on any atom is -0.467 e. The average Bonchev–Trinajstić information content (AvgIpc) is 2.97. The lowest BCUT2D eigenvalue weighted by atomic mass is 10.4. The maximum absolute atomic E-state index is 11.5. The van der Waals surface area contributed by atoms with E-state index in [1.54, 1.807) is 12.1 Å². The highest BCUT2D eigenvalue weighted by Gasteiger charge is 2.06. The molecule has 7 nitrogen and oxygen atoms in total. The van der Waals surface area contributed by atoms with Crippen molar-refractivity contribution in [1.82, 2.24) is 20.3 Å². The van der Waals surface area contributed by atoms with Crippen molar-refractivity contribution >= 4 is 12.2 Å². The minimum absolute atomic E-state index is 0.0154. The van der Waals surface area contributed by atoms with Gasteiger partial charge in [-0.15, -0.1) is 5.10 Å². The van der Waals surface area contributed by atoms with Crippen molar-refractivity contribution in [1.29, 1.82) is 0 Å². The van der Waals surface area contributed by atoms with E-state index in [1.807, 2.05) is 0 Å². The molecule has 0 atom stereocenters. The van der Waals surface area contributed by atoms with Gasteiger partial charge in [-0.2, -0.15) is 0 Å². The Morgan fingerprint density at radius 2 is 2.47 bits per heavy atom. The number of carbonyl (C=O) groups excluding carboxylic acids is 2. The van der Waals surface area contributed by atoms with E-state index in [-0.39, 0.29) is 18.1 Å². The molecule has 0 aliphatic carbocycles. The summed E-state index contributed by atoms with van der Waals surface area (Å²) in [5, 5.41) is 9.82. The summed E-state index contributed by atoms with van der Waals surface area (Å²) in [4.78, 5) is 21.8. The van der Waals surface area contributed by atoms with Crippen molar-refractivity contribution in [2.75, 3.05) is 0 Å². The highest BCUT2D eigenvalue weighted by molar-refractivity contribution is 5.76. The third-order valence-corrected chi connectivity index (χ3v) is 2.02. The third-order valence-electron chi connectivity index (χ3n) is 2.02. The number of nitrogens with one attached hydrogen (secondary N) is 1. The number of amides is 1. The molecule has 0 unspecified atom stereocenters. The Hall–Kier alpha value is -2.44. The van der Waals surface area contributed by atoms with E-state index in [1.165, 1.54) is 17.1 Å². The predicted octanol–water partition coefficient (Wildman–Crippen LogP) is -0.000000000000000444. The van der Waals surface area contributed by atoms with Gasteiger partial charge in [0, 0.05) is 0 Å². The summed E-state index contributed by atoms with van der Waals surface area (Å²) in [7, 11) is 0. The summed E-state index contributed by atoms with van der Waals surface area (Å²) in [5.74, 6) is 0.439. The van der Waals surface area contributed by atoms with Gasteiger partial charge in [-0.25, -0.2) is 4.68 Å². The third kappa shape index (κ3) is 3.00. The number of carbonyl (C=O) groups is 2. The molecule has 0 aromatic carbocycles. The summed E-state index contributed by atoms with van der Waals surface area (Å²) in [6, 6.07) is 3.51. The number of hydrogen-bond donors (Lipinski definition) is 1. The molecule has 0 spiro atoms. The molecular weight excluding hydrogens is 224 g/mol. The Morgan fingerprint density at radius 3 is 3.12 bits per heavy atom. The van der Waals surface area contributed by atoms with Crippen molar-refractivity contribution in [3.05, 3.63) is 36.0 Å². The standard InChI is InChI=1S/C10H10N4O3/c15-7-8-5-14(13-12-8)6-10(16)11-4-9-2-1-3-17-9/h1-3,5,7H,4,6H2,(H,11,16). The first kappa shape index (κ1) is 11.1. The van der Waals surface area contributed by atoms with Crippen LogP contribution >= 0.6 is 0 Å². The SMILES string of the molecule is O=Cc1cn(CC(=O)NCc2ccco2)nn1. The molecule has 17 heavy (non-hydrogen) atoms. The number of furan rings is 1. The van der Waals surface area contributed by atoms with Crippen LogP contribution in [0.15, 0.2) is 29.0 Å². The van der Waals surface area contributed by atoms with Gasteiger partial charge in [0.25, 0.3) is 0 Å². The summed E-state index contributed by atoms with van der Waals surface area (Å²) >= 11 is 0. The molecule has 2 rings (SSSR count). The van der Waals surface area contributed by atoms with Crippen LogP contribution in [0, 0.1) is 0 Å². The second-order valence-electron chi connectivity index (χ2n) is 3.31. The monoisotopic (exact) mass is 234 g/mol. The molecular formula is C10H10N4O3. The molecule has 0 saturated heterocycles.